The fourth-order valence-corrected chi connectivity index (χ4v) is 8.61. The molecule has 17 heteroatoms. The number of nitriles is 1. The van der Waals surface area contributed by atoms with E-state index in [1.165, 1.54) is 6.20 Å². The van der Waals surface area contributed by atoms with Gasteiger partial charge in [0.15, 0.2) is 5.82 Å². The number of aromatic nitrogens is 2. The monoisotopic (exact) mass is 883 g/mol. The van der Waals surface area contributed by atoms with Gasteiger partial charge in [0.1, 0.15) is 17.1 Å². The number of hydrogen-bond donors (Lipinski definition) is 5. The summed E-state index contributed by atoms with van der Waals surface area (Å²) in [7, 11) is 0. The largest absolute Gasteiger partial charge is 0.379 e. The van der Waals surface area contributed by atoms with Crippen molar-refractivity contribution in [1.29, 1.82) is 5.26 Å². The van der Waals surface area contributed by atoms with E-state index in [0.29, 0.717) is 85.3 Å². The number of urea groups is 1. The second-order valence-electron chi connectivity index (χ2n) is 16.2. The molecule has 1 aromatic heterocycles. The quantitative estimate of drug-likeness (QED) is 0.0649. The molecule has 5 amide bonds. The van der Waals surface area contributed by atoms with Gasteiger partial charge in [0, 0.05) is 86.7 Å². The number of hydrogen-bond acceptors (Lipinski definition) is 12. The van der Waals surface area contributed by atoms with Crippen LogP contribution in [0.1, 0.15) is 72.0 Å². The number of carbonyl (C=O) groups is 4. The van der Waals surface area contributed by atoms with Gasteiger partial charge in [-0.2, -0.15) is 10.2 Å². The lowest BCUT2D eigenvalue weighted by Gasteiger charge is -2.37. The van der Waals surface area contributed by atoms with E-state index >= 15 is 0 Å². The van der Waals surface area contributed by atoms with Crippen molar-refractivity contribution in [3.8, 4) is 17.9 Å². The summed E-state index contributed by atoms with van der Waals surface area (Å²) in [6.07, 6.45) is 6.49. The van der Waals surface area contributed by atoms with E-state index < -0.39 is 11.9 Å². The summed E-state index contributed by atoms with van der Waals surface area (Å²) in [4.78, 5) is 64.5. The molecule has 3 aliphatic heterocycles. The van der Waals surface area contributed by atoms with Gasteiger partial charge in [0.2, 0.25) is 17.8 Å². The zero-order valence-electron chi connectivity index (χ0n) is 35.4. The molecular formula is C47H50ClN11O5. The Labute approximate surface area is 377 Å². The van der Waals surface area contributed by atoms with Crippen LogP contribution in [0.15, 0.2) is 72.9 Å². The molecule has 3 fully saturated rings. The third kappa shape index (κ3) is 10.9. The van der Waals surface area contributed by atoms with Gasteiger partial charge in [0.25, 0.3) is 5.91 Å². The zero-order valence-corrected chi connectivity index (χ0v) is 36.1. The van der Waals surface area contributed by atoms with Crippen molar-refractivity contribution in [2.24, 2.45) is 0 Å². The zero-order chi connectivity index (χ0) is 44.4. The molecule has 4 aromatic rings. The van der Waals surface area contributed by atoms with Gasteiger partial charge in [-0.25, -0.2) is 9.78 Å². The van der Waals surface area contributed by atoms with E-state index in [2.05, 4.69) is 59.4 Å². The molecule has 4 aliphatic rings. The third-order valence-electron chi connectivity index (χ3n) is 12.0. The fourth-order valence-electron chi connectivity index (χ4n) is 8.47. The molecule has 0 radical (unpaired) electrons. The summed E-state index contributed by atoms with van der Waals surface area (Å²) in [5.74, 6) is 6.14. The predicted octanol–water partition coefficient (Wildman–Crippen LogP) is 5.44. The summed E-state index contributed by atoms with van der Waals surface area (Å²) in [5, 5.41) is 25.3. The lowest BCUT2D eigenvalue weighted by molar-refractivity contribution is -0.136. The predicted molar refractivity (Wildman–Crippen MR) is 242 cm³/mol. The molecule has 0 spiro atoms. The van der Waals surface area contributed by atoms with Gasteiger partial charge in [-0.3, -0.25) is 19.7 Å². The Kier molecular flexibility index (Phi) is 14.2. The number of piperazine rings is 1. The van der Waals surface area contributed by atoms with Gasteiger partial charge < -0.3 is 40.7 Å². The van der Waals surface area contributed by atoms with E-state index in [-0.39, 0.29) is 30.3 Å². The highest BCUT2D eigenvalue weighted by Crippen LogP contribution is 2.30. The lowest BCUT2D eigenvalue weighted by Crippen LogP contribution is -2.54. The molecule has 64 heavy (non-hydrogen) atoms. The highest BCUT2D eigenvalue weighted by molar-refractivity contribution is 6.33. The molecule has 1 saturated carbocycles. The number of anilines is 5. The van der Waals surface area contributed by atoms with Gasteiger partial charge in [-0.1, -0.05) is 35.6 Å². The van der Waals surface area contributed by atoms with E-state index in [0.717, 1.165) is 67.8 Å². The second kappa shape index (κ2) is 20.6. The maximum Gasteiger partial charge on any atom is 0.317 e. The van der Waals surface area contributed by atoms with Crippen LogP contribution in [0, 0.1) is 23.2 Å². The number of piperidine rings is 1. The van der Waals surface area contributed by atoms with E-state index in [9.17, 15) is 24.4 Å². The maximum absolute atomic E-state index is 13.2. The molecule has 8 rings (SSSR count). The standard InChI is InChI=1S/C47H50ClN11O5/c48-39-29-51-46(56-43(39)54-40-7-2-1-6-32(40)28-49)52-35-13-15-37(16-14-35)57-21-23-58(24-22-57)47(63)53-36-11-9-34(10-12-36)50-20-26-64-25-4-3-5-31-8-17-38-33(27-31)30-59(45(38)62)41-18-19-42(60)55-44(41)61/h1-2,6-8,13-17,27,29,34,36,41,50H,4,9-12,18-26,30H2,(H,53,63)(H,55,60,61)(H2,51,52,54,56)/t34-,36+,41?. The number of para-hydroxylation sites is 1. The Morgan fingerprint density at radius 3 is 2.48 bits per heavy atom. The lowest BCUT2D eigenvalue weighted by atomic mass is 9.91. The van der Waals surface area contributed by atoms with Gasteiger partial charge in [0.05, 0.1) is 30.7 Å². The molecule has 1 aliphatic carbocycles. The van der Waals surface area contributed by atoms with Crippen molar-refractivity contribution in [2.75, 3.05) is 61.5 Å². The Morgan fingerprint density at radius 1 is 0.922 bits per heavy atom. The Balaban J connectivity index is 0.683. The number of halogens is 1. The van der Waals surface area contributed by atoms with Crippen LogP contribution in [-0.4, -0.2) is 108 Å². The van der Waals surface area contributed by atoms with Gasteiger partial charge in [-0.05, 0) is 92.3 Å². The summed E-state index contributed by atoms with van der Waals surface area (Å²) >= 11 is 6.35. The highest BCUT2D eigenvalue weighted by atomic mass is 35.5. The summed E-state index contributed by atoms with van der Waals surface area (Å²) < 4.78 is 5.82. The van der Waals surface area contributed by atoms with Crippen molar-refractivity contribution in [3.63, 3.8) is 0 Å². The Hall–Kier alpha value is -6.72. The highest BCUT2D eigenvalue weighted by Gasteiger charge is 2.39. The van der Waals surface area contributed by atoms with Crippen LogP contribution < -0.4 is 31.5 Å². The first-order chi connectivity index (χ1) is 31.2. The SMILES string of the molecule is N#Cc1ccccc1Nc1nc(Nc2ccc(N3CCN(C(=O)N[C@H]4CC[C@@H](NCCOCCC#Cc5ccc6c(c5)CN(C5CCC(=O)NC5=O)C6=O)CC4)CC3)cc2)ncc1Cl. The number of benzene rings is 3. The third-order valence-corrected chi connectivity index (χ3v) is 12.2. The van der Waals surface area contributed by atoms with Gasteiger partial charge >= 0.3 is 6.03 Å². The first-order valence-corrected chi connectivity index (χ1v) is 22.1. The van der Waals surface area contributed by atoms with Crippen LogP contribution in [0.4, 0.5) is 33.6 Å². The smallest absolute Gasteiger partial charge is 0.317 e. The van der Waals surface area contributed by atoms with Crippen LogP contribution in [0.25, 0.3) is 0 Å². The number of imide groups is 1. The number of nitrogens with one attached hydrogen (secondary N) is 5. The van der Waals surface area contributed by atoms with E-state index in [1.54, 1.807) is 29.2 Å². The van der Waals surface area contributed by atoms with Crippen molar-refractivity contribution >= 4 is 64.2 Å². The van der Waals surface area contributed by atoms with Crippen molar-refractivity contribution < 1.29 is 23.9 Å². The molecule has 16 nitrogen and oxygen atoms in total. The minimum absolute atomic E-state index is 0.00254. The van der Waals surface area contributed by atoms with Crippen molar-refractivity contribution in [3.05, 3.63) is 100 Å². The molecule has 4 heterocycles. The van der Waals surface area contributed by atoms with Crippen molar-refractivity contribution in [1.82, 2.24) is 35.7 Å². The maximum atomic E-state index is 13.2. The van der Waals surface area contributed by atoms with Crippen LogP contribution in [-0.2, 0) is 20.9 Å². The molecular weight excluding hydrogens is 834 g/mol. The minimum Gasteiger partial charge on any atom is -0.379 e. The topological polar surface area (TPSA) is 197 Å². The van der Waals surface area contributed by atoms with Crippen LogP contribution in [0.5, 0.6) is 0 Å². The number of rotatable bonds is 13. The number of amides is 5. The normalized spacial score (nSPS) is 19.5. The Bertz CT molecular complexity index is 2470. The minimum atomic E-state index is -0.633. The molecule has 0 bridgehead atoms. The Morgan fingerprint density at radius 2 is 1.70 bits per heavy atom. The van der Waals surface area contributed by atoms with Crippen LogP contribution in [0.3, 0.4) is 0 Å². The fraction of sp³-hybridized carbons (Fsp3) is 0.383. The molecule has 5 N–H and O–H groups in total. The first-order valence-electron chi connectivity index (χ1n) is 21.7. The second-order valence-corrected chi connectivity index (χ2v) is 16.6. The molecule has 2 saturated heterocycles. The summed E-state index contributed by atoms with van der Waals surface area (Å²) in [5.41, 5.74) is 5.17. The first kappa shape index (κ1) is 43.9. The average Bonchev–Trinajstić information content (AvgIpc) is 3.63. The van der Waals surface area contributed by atoms with E-state index in [1.807, 2.05) is 47.4 Å². The number of nitrogens with zero attached hydrogens (tertiary/aromatic N) is 6. The van der Waals surface area contributed by atoms with Crippen molar-refractivity contribution in [2.45, 2.75) is 69.6 Å². The summed E-state index contributed by atoms with van der Waals surface area (Å²) in [6, 6.07) is 22.7. The molecule has 330 valence electrons. The number of fused-ring (bicyclic) bond motifs is 1. The van der Waals surface area contributed by atoms with Crippen LogP contribution in [0.2, 0.25) is 5.02 Å². The molecule has 1 unspecified atom stereocenters. The molecule has 3 aromatic carbocycles. The number of ether oxygens (including phenoxy) is 1. The van der Waals surface area contributed by atoms with Crippen LogP contribution >= 0.6 is 11.6 Å². The summed E-state index contributed by atoms with van der Waals surface area (Å²) in [6.45, 7) is 4.92. The average molecular weight is 884 g/mol. The van der Waals surface area contributed by atoms with E-state index in [4.69, 9.17) is 16.3 Å². The van der Waals surface area contributed by atoms with Gasteiger partial charge in [-0.15, -0.1) is 0 Å². The molecule has 1 atom stereocenters. The number of carbonyl (C=O) groups excluding carboxylic acids is 4.